The van der Waals surface area contributed by atoms with Gasteiger partial charge in [-0.1, -0.05) is 0 Å². The van der Waals surface area contributed by atoms with Gasteiger partial charge in [-0.15, -0.1) is 0 Å². The van der Waals surface area contributed by atoms with Crippen LogP contribution in [-0.2, 0) is 14.5 Å². The highest BCUT2D eigenvalue weighted by Gasteiger charge is 2.22. The van der Waals surface area contributed by atoms with Gasteiger partial charge < -0.3 is 30.1 Å². The van der Waals surface area contributed by atoms with Crippen molar-refractivity contribution >= 4 is 12.3 Å². The molecule has 15 heavy (non-hydrogen) atoms. The van der Waals surface area contributed by atoms with Gasteiger partial charge in [0.25, 0.3) is 0 Å². The molecule has 0 aromatic carbocycles. The first-order valence-corrected chi connectivity index (χ1v) is 3.83. The largest absolute Gasteiger partial charge is 0.394 e. The molecular weight excluding hydrogens is 212 g/mol. The maximum Gasteiger partial charge on any atom is 0.339 e. The molecule has 0 fully saturated rings. The standard InChI is InChI=1S/C5H10O5.C2H4O3/c6-1-3(8)5(10)4(9)2-7;1-2(3)5-4/h1,3-5,7-10H,2H2;4H,1H3/t3-,4-,5+;/m1./s1. The zero-order chi connectivity index (χ0) is 12.4. The van der Waals surface area contributed by atoms with Gasteiger partial charge in [0.1, 0.15) is 18.3 Å². The van der Waals surface area contributed by atoms with Crippen molar-refractivity contribution in [1.82, 2.24) is 0 Å². The number of aldehydes is 1. The molecule has 0 aromatic rings. The van der Waals surface area contributed by atoms with Gasteiger partial charge in [-0.05, 0) is 0 Å². The maximum atomic E-state index is 9.76. The minimum absolute atomic E-state index is 0.0869. The Morgan fingerprint density at radius 3 is 2.00 bits per heavy atom. The average molecular weight is 226 g/mol. The van der Waals surface area contributed by atoms with Crippen LogP contribution in [0.15, 0.2) is 0 Å². The minimum Gasteiger partial charge on any atom is -0.394 e. The van der Waals surface area contributed by atoms with E-state index < -0.39 is 30.9 Å². The molecule has 0 aliphatic carbocycles. The fourth-order valence-electron chi connectivity index (χ4n) is 0.416. The lowest BCUT2D eigenvalue weighted by Gasteiger charge is -2.16. The fraction of sp³-hybridized carbons (Fsp3) is 0.714. The molecule has 0 bridgehead atoms. The second-order valence-corrected chi connectivity index (χ2v) is 2.45. The van der Waals surface area contributed by atoms with Crippen LogP contribution < -0.4 is 0 Å². The Balaban J connectivity index is 0. The fourth-order valence-corrected chi connectivity index (χ4v) is 0.416. The molecule has 5 N–H and O–H groups in total. The first kappa shape index (κ1) is 16.4. The van der Waals surface area contributed by atoms with Crippen molar-refractivity contribution in [3.63, 3.8) is 0 Å². The third kappa shape index (κ3) is 9.25. The van der Waals surface area contributed by atoms with Gasteiger partial charge in [0.2, 0.25) is 0 Å². The molecule has 3 atom stereocenters. The third-order valence-electron chi connectivity index (χ3n) is 1.20. The van der Waals surface area contributed by atoms with E-state index in [0.29, 0.717) is 0 Å². The van der Waals surface area contributed by atoms with Crippen LogP contribution in [0, 0.1) is 0 Å². The minimum atomic E-state index is -1.64. The van der Waals surface area contributed by atoms with E-state index in [1.165, 1.54) is 0 Å². The summed E-state index contributed by atoms with van der Waals surface area (Å²) in [7, 11) is 0. The highest BCUT2D eigenvalue weighted by Crippen LogP contribution is 1.96. The summed E-state index contributed by atoms with van der Waals surface area (Å²) in [6, 6.07) is 0. The maximum absolute atomic E-state index is 9.76. The Hall–Kier alpha value is -1.06. The van der Waals surface area contributed by atoms with Gasteiger partial charge in [-0.25, -0.2) is 4.79 Å². The molecule has 0 aromatic heterocycles. The Morgan fingerprint density at radius 2 is 1.80 bits per heavy atom. The van der Waals surface area contributed by atoms with Crippen LogP contribution in [-0.4, -0.2) is 62.9 Å². The van der Waals surface area contributed by atoms with Gasteiger partial charge in [-0.3, -0.25) is 0 Å². The number of hydrogen-bond acceptors (Lipinski definition) is 8. The van der Waals surface area contributed by atoms with Crippen molar-refractivity contribution in [3.05, 3.63) is 0 Å². The summed E-state index contributed by atoms with van der Waals surface area (Å²) in [5.41, 5.74) is 0. The van der Waals surface area contributed by atoms with E-state index in [1.54, 1.807) is 0 Å². The van der Waals surface area contributed by atoms with Gasteiger partial charge in [-0.2, -0.15) is 5.26 Å². The Bertz CT molecular complexity index is 182. The summed E-state index contributed by atoms with van der Waals surface area (Å²) in [5.74, 6) is -0.690. The van der Waals surface area contributed by atoms with E-state index in [1.807, 2.05) is 0 Å². The lowest BCUT2D eigenvalue weighted by atomic mass is 10.1. The molecule has 0 saturated carbocycles. The Labute approximate surface area is 85.3 Å². The van der Waals surface area contributed by atoms with Crippen LogP contribution in [0.1, 0.15) is 6.92 Å². The summed E-state index contributed by atoms with van der Waals surface area (Å²) in [4.78, 5) is 22.2. The molecule has 0 aliphatic rings. The van der Waals surface area contributed by atoms with Crippen molar-refractivity contribution in [1.29, 1.82) is 0 Å². The van der Waals surface area contributed by atoms with Crippen molar-refractivity contribution in [2.24, 2.45) is 0 Å². The highest BCUT2D eigenvalue weighted by molar-refractivity contribution is 5.64. The molecule has 8 nitrogen and oxygen atoms in total. The summed E-state index contributed by atoms with van der Waals surface area (Å²) in [6.45, 7) is 0.423. The van der Waals surface area contributed by atoms with Gasteiger partial charge in [0, 0.05) is 6.92 Å². The molecule has 0 amide bonds. The van der Waals surface area contributed by atoms with Crippen LogP contribution in [0.2, 0.25) is 0 Å². The molecule has 0 heterocycles. The number of aliphatic hydroxyl groups excluding tert-OH is 4. The predicted molar refractivity (Wildman–Crippen MR) is 45.6 cm³/mol. The Kier molecular flexibility index (Phi) is 10.4. The van der Waals surface area contributed by atoms with Crippen LogP contribution in [0.5, 0.6) is 0 Å². The summed E-state index contributed by atoms with van der Waals surface area (Å²) < 4.78 is 0. The van der Waals surface area contributed by atoms with E-state index >= 15 is 0 Å². The second-order valence-electron chi connectivity index (χ2n) is 2.45. The van der Waals surface area contributed by atoms with E-state index in [4.69, 9.17) is 25.7 Å². The van der Waals surface area contributed by atoms with Gasteiger partial charge in [0.15, 0.2) is 6.29 Å². The summed E-state index contributed by atoms with van der Waals surface area (Å²) in [5, 5.41) is 41.3. The monoisotopic (exact) mass is 226 g/mol. The second kappa shape index (κ2) is 9.49. The molecule has 0 unspecified atom stereocenters. The van der Waals surface area contributed by atoms with Crippen molar-refractivity contribution in [2.75, 3.05) is 6.61 Å². The SMILES string of the molecule is CC(=O)OO.O=C[C@@H](O)[C@H](O)[C@H](O)CO. The van der Waals surface area contributed by atoms with Crippen LogP contribution in [0.3, 0.4) is 0 Å². The van der Waals surface area contributed by atoms with E-state index in [-0.39, 0.29) is 6.29 Å². The first-order valence-electron chi connectivity index (χ1n) is 3.83. The number of carbonyl (C=O) groups excluding carboxylic acids is 2. The molecular formula is C7H14O8. The van der Waals surface area contributed by atoms with Crippen molar-refractivity contribution in [3.8, 4) is 0 Å². The zero-order valence-corrected chi connectivity index (χ0v) is 7.98. The summed E-state index contributed by atoms with van der Waals surface area (Å²) >= 11 is 0. The molecule has 0 rings (SSSR count). The van der Waals surface area contributed by atoms with Crippen molar-refractivity contribution < 1.29 is 40.2 Å². The van der Waals surface area contributed by atoms with Crippen LogP contribution in [0.25, 0.3) is 0 Å². The predicted octanol–water partition coefficient (Wildman–Crippen LogP) is -2.72. The number of rotatable bonds is 4. The van der Waals surface area contributed by atoms with Crippen LogP contribution in [0.4, 0.5) is 0 Å². The zero-order valence-electron chi connectivity index (χ0n) is 7.98. The van der Waals surface area contributed by atoms with E-state index in [0.717, 1.165) is 6.92 Å². The smallest absolute Gasteiger partial charge is 0.339 e. The van der Waals surface area contributed by atoms with E-state index in [2.05, 4.69) is 4.89 Å². The molecule has 8 heteroatoms. The lowest BCUT2D eigenvalue weighted by Crippen LogP contribution is -2.40. The highest BCUT2D eigenvalue weighted by atomic mass is 17.1. The molecule has 0 spiro atoms. The molecule has 0 aliphatic heterocycles. The first-order chi connectivity index (χ1) is 6.90. The molecule has 0 radical (unpaired) electrons. The third-order valence-corrected chi connectivity index (χ3v) is 1.20. The number of hydrogen-bond donors (Lipinski definition) is 5. The average Bonchev–Trinajstić information content (AvgIpc) is 2.26. The number of carbonyl (C=O) groups is 2. The molecule has 90 valence electrons. The number of aliphatic hydroxyl groups is 4. The van der Waals surface area contributed by atoms with Gasteiger partial charge in [0.05, 0.1) is 6.61 Å². The summed E-state index contributed by atoms with van der Waals surface area (Å²) in [6.07, 6.45) is -4.63. The quantitative estimate of drug-likeness (QED) is 0.197. The Morgan fingerprint density at radius 1 is 1.40 bits per heavy atom. The van der Waals surface area contributed by atoms with Crippen LogP contribution >= 0.6 is 0 Å². The van der Waals surface area contributed by atoms with E-state index in [9.17, 15) is 9.59 Å². The lowest BCUT2D eigenvalue weighted by molar-refractivity contribution is -0.231. The normalized spacial score (nSPS) is 15.3. The van der Waals surface area contributed by atoms with Crippen molar-refractivity contribution in [2.45, 2.75) is 25.2 Å². The topological polar surface area (TPSA) is 145 Å². The van der Waals surface area contributed by atoms with Gasteiger partial charge >= 0.3 is 5.97 Å². The molecule has 0 saturated heterocycles.